The SMILES string of the molecule is CCn1cncc1C(=O)N1CCCC[C@@H]1CCNS(=O)(=O)N(C)C. The zero-order chi connectivity index (χ0) is 17.7. The van der Waals surface area contributed by atoms with Gasteiger partial charge in [-0.1, -0.05) is 0 Å². The predicted octanol–water partition coefficient (Wildman–Crippen LogP) is 0.684. The van der Waals surface area contributed by atoms with Gasteiger partial charge in [0.15, 0.2) is 0 Å². The summed E-state index contributed by atoms with van der Waals surface area (Å²) in [6.07, 6.45) is 6.81. The molecule has 1 atom stereocenters. The van der Waals surface area contributed by atoms with Crippen LogP contribution in [0.15, 0.2) is 12.5 Å². The fourth-order valence-corrected chi connectivity index (χ4v) is 3.58. The third-order valence-corrected chi connectivity index (χ3v) is 5.93. The van der Waals surface area contributed by atoms with Crippen molar-refractivity contribution in [3.8, 4) is 0 Å². The Balaban J connectivity index is 2.01. The van der Waals surface area contributed by atoms with Crippen LogP contribution < -0.4 is 4.72 Å². The van der Waals surface area contributed by atoms with Crippen LogP contribution in [-0.2, 0) is 16.8 Å². The molecule has 2 rings (SSSR count). The lowest BCUT2D eigenvalue weighted by atomic mass is 9.99. The Kier molecular flexibility index (Phi) is 6.36. The van der Waals surface area contributed by atoms with E-state index in [0.29, 0.717) is 31.7 Å². The summed E-state index contributed by atoms with van der Waals surface area (Å²) < 4.78 is 29.1. The lowest BCUT2D eigenvalue weighted by Gasteiger charge is -2.36. The van der Waals surface area contributed by atoms with Crippen LogP contribution in [0.5, 0.6) is 0 Å². The first-order valence-corrected chi connectivity index (χ1v) is 9.79. The average molecular weight is 357 g/mol. The molecule has 1 N–H and O–H groups in total. The number of rotatable bonds is 7. The highest BCUT2D eigenvalue weighted by atomic mass is 32.2. The average Bonchev–Trinajstić information content (AvgIpc) is 3.03. The number of aryl methyl sites for hydroxylation is 1. The van der Waals surface area contributed by atoms with Crippen LogP contribution in [0.4, 0.5) is 0 Å². The number of carbonyl (C=O) groups is 1. The molecule has 0 aliphatic carbocycles. The molecule has 0 saturated carbocycles. The zero-order valence-electron chi connectivity index (χ0n) is 14.6. The lowest BCUT2D eigenvalue weighted by Crippen LogP contribution is -2.46. The first-order chi connectivity index (χ1) is 11.4. The smallest absolute Gasteiger partial charge is 0.278 e. The molecule has 1 aliphatic rings. The maximum absolute atomic E-state index is 12.8. The van der Waals surface area contributed by atoms with Gasteiger partial charge in [-0.25, -0.2) is 9.71 Å². The molecular weight excluding hydrogens is 330 g/mol. The van der Waals surface area contributed by atoms with E-state index < -0.39 is 10.2 Å². The number of nitrogens with zero attached hydrogens (tertiary/aromatic N) is 4. The summed E-state index contributed by atoms with van der Waals surface area (Å²) in [6, 6.07) is 0.0521. The Morgan fingerprint density at radius 2 is 2.17 bits per heavy atom. The molecule has 0 aromatic carbocycles. The maximum atomic E-state index is 12.8. The zero-order valence-corrected chi connectivity index (χ0v) is 15.4. The van der Waals surface area contributed by atoms with E-state index in [0.717, 1.165) is 23.6 Å². The number of imidazole rings is 1. The topological polar surface area (TPSA) is 87.5 Å². The molecule has 0 radical (unpaired) electrons. The third kappa shape index (κ3) is 4.34. The number of likely N-dealkylation sites (tertiary alicyclic amines) is 1. The van der Waals surface area contributed by atoms with Gasteiger partial charge in [0, 0.05) is 39.8 Å². The molecule has 1 aromatic heterocycles. The van der Waals surface area contributed by atoms with E-state index >= 15 is 0 Å². The highest BCUT2D eigenvalue weighted by molar-refractivity contribution is 7.87. The quantitative estimate of drug-likeness (QED) is 0.777. The maximum Gasteiger partial charge on any atom is 0.278 e. The second kappa shape index (κ2) is 8.09. The third-order valence-electron chi connectivity index (χ3n) is 4.40. The number of hydrogen-bond acceptors (Lipinski definition) is 4. The predicted molar refractivity (Wildman–Crippen MR) is 91.8 cm³/mol. The monoisotopic (exact) mass is 357 g/mol. The van der Waals surface area contributed by atoms with Gasteiger partial charge in [0.25, 0.3) is 16.1 Å². The summed E-state index contributed by atoms with van der Waals surface area (Å²) in [7, 11) is -0.443. The van der Waals surface area contributed by atoms with E-state index in [4.69, 9.17) is 0 Å². The van der Waals surface area contributed by atoms with E-state index in [1.165, 1.54) is 14.1 Å². The van der Waals surface area contributed by atoms with Gasteiger partial charge in [0.1, 0.15) is 5.69 Å². The lowest BCUT2D eigenvalue weighted by molar-refractivity contribution is 0.0593. The summed E-state index contributed by atoms with van der Waals surface area (Å²) in [5.41, 5.74) is 0.596. The summed E-state index contributed by atoms with van der Waals surface area (Å²) in [6.45, 7) is 3.70. The van der Waals surface area contributed by atoms with Crippen molar-refractivity contribution in [1.29, 1.82) is 0 Å². The number of aromatic nitrogens is 2. The van der Waals surface area contributed by atoms with Gasteiger partial charge in [0.2, 0.25) is 0 Å². The summed E-state index contributed by atoms with van der Waals surface area (Å²) >= 11 is 0. The van der Waals surface area contributed by atoms with Crippen molar-refractivity contribution in [2.45, 2.75) is 45.2 Å². The van der Waals surface area contributed by atoms with Gasteiger partial charge in [-0.15, -0.1) is 0 Å². The molecule has 2 heterocycles. The Bertz CT molecular complexity index is 656. The van der Waals surface area contributed by atoms with Gasteiger partial charge < -0.3 is 9.47 Å². The Hall–Kier alpha value is -1.45. The van der Waals surface area contributed by atoms with Crippen molar-refractivity contribution in [3.63, 3.8) is 0 Å². The molecule has 0 spiro atoms. The van der Waals surface area contributed by atoms with Crippen molar-refractivity contribution in [3.05, 3.63) is 18.2 Å². The fourth-order valence-electron chi connectivity index (χ4n) is 2.95. The highest BCUT2D eigenvalue weighted by Gasteiger charge is 2.29. The minimum Gasteiger partial charge on any atom is -0.334 e. The minimum atomic E-state index is -3.42. The highest BCUT2D eigenvalue weighted by Crippen LogP contribution is 2.22. The van der Waals surface area contributed by atoms with Crippen molar-refractivity contribution < 1.29 is 13.2 Å². The number of hydrogen-bond donors (Lipinski definition) is 1. The van der Waals surface area contributed by atoms with E-state index in [1.54, 1.807) is 12.5 Å². The molecular formula is C15H27N5O3S. The van der Waals surface area contributed by atoms with Crippen molar-refractivity contribution >= 4 is 16.1 Å². The number of carbonyl (C=O) groups excluding carboxylic acids is 1. The number of nitrogens with one attached hydrogen (secondary N) is 1. The van der Waals surface area contributed by atoms with Gasteiger partial charge in [-0.05, 0) is 32.6 Å². The van der Waals surface area contributed by atoms with Crippen LogP contribution in [0.2, 0.25) is 0 Å². The molecule has 1 aliphatic heterocycles. The van der Waals surface area contributed by atoms with Gasteiger partial charge in [-0.3, -0.25) is 4.79 Å². The van der Waals surface area contributed by atoms with Crippen LogP contribution in [0, 0.1) is 0 Å². The summed E-state index contributed by atoms with van der Waals surface area (Å²) in [4.78, 5) is 18.8. The summed E-state index contributed by atoms with van der Waals surface area (Å²) in [5.74, 6) is -0.0190. The Labute approximate surface area is 144 Å². The van der Waals surface area contributed by atoms with Crippen LogP contribution in [0.25, 0.3) is 0 Å². The number of piperidine rings is 1. The normalized spacial score (nSPS) is 19.0. The standard InChI is InChI=1S/C15H27N5O3S/c1-4-19-12-16-11-14(19)15(21)20-10-6-5-7-13(20)8-9-17-24(22,23)18(2)3/h11-13,17H,4-10H2,1-3H3/t13-/m1/s1. The van der Waals surface area contributed by atoms with Gasteiger partial charge in [0.05, 0.1) is 12.5 Å². The fraction of sp³-hybridized carbons (Fsp3) is 0.733. The minimum absolute atomic E-state index is 0.0190. The first kappa shape index (κ1) is 18.9. The van der Waals surface area contributed by atoms with Crippen LogP contribution >= 0.6 is 0 Å². The van der Waals surface area contributed by atoms with E-state index in [-0.39, 0.29) is 11.9 Å². The van der Waals surface area contributed by atoms with Gasteiger partial charge >= 0.3 is 0 Å². The Morgan fingerprint density at radius 1 is 1.42 bits per heavy atom. The van der Waals surface area contributed by atoms with Gasteiger partial charge in [-0.2, -0.15) is 12.7 Å². The summed E-state index contributed by atoms with van der Waals surface area (Å²) in [5, 5.41) is 0. The largest absolute Gasteiger partial charge is 0.334 e. The molecule has 8 nitrogen and oxygen atoms in total. The second-order valence-corrected chi connectivity index (χ2v) is 8.15. The van der Waals surface area contributed by atoms with Crippen molar-refractivity contribution in [2.75, 3.05) is 27.2 Å². The molecule has 0 bridgehead atoms. The molecule has 9 heteroatoms. The second-order valence-electron chi connectivity index (χ2n) is 6.18. The van der Waals surface area contributed by atoms with Crippen LogP contribution in [0.1, 0.15) is 43.1 Å². The molecule has 0 unspecified atom stereocenters. The molecule has 136 valence electrons. The van der Waals surface area contributed by atoms with Crippen molar-refractivity contribution in [1.82, 2.24) is 23.5 Å². The molecule has 1 amide bonds. The molecule has 1 fully saturated rings. The molecule has 1 aromatic rings. The van der Waals surface area contributed by atoms with E-state index in [9.17, 15) is 13.2 Å². The van der Waals surface area contributed by atoms with Crippen LogP contribution in [-0.4, -0.2) is 66.3 Å². The first-order valence-electron chi connectivity index (χ1n) is 8.35. The number of amides is 1. The molecule has 1 saturated heterocycles. The van der Waals surface area contributed by atoms with E-state index in [2.05, 4.69) is 9.71 Å². The van der Waals surface area contributed by atoms with Crippen LogP contribution in [0.3, 0.4) is 0 Å². The van der Waals surface area contributed by atoms with Crippen molar-refractivity contribution in [2.24, 2.45) is 0 Å². The van der Waals surface area contributed by atoms with E-state index in [1.807, 2.05) is 16.4 Å². The Morgan fingerprint density at radius 3 is 2.83 bits per heavy atom. The molecule has 24 heavy (non-hydrogen) atoms.